The Labute approximate surface area is 148 Å². The van der Waals surface area contributed by atoms with Crippen molar-refractivity contribution in [3.63, 3.8) is 0 Å². The van der Waals surface area contributed by atoms with E-state index in [-0.39, 0.29) is 12.6 Å². The first kappa shape index (κ1) is 18.6. The molecule has 0 fully saturated rings. The van der Waals surface area contributed by atoms with E-state index in [4.69, 9.17) is 0 Å². The zero-order valence-corrected chi connectivity index (χ0v) is 14.7. The molecule has 132 valence electrons. The van der Waals surface area contributed by atoms with E-state index >= 15 is 0 Å². The second kappa shape index (κ2) is 8.39. The molecule has 0 spiro atoms. The Morgan fingerprint density at radius 3 is 2.32 bits per heavy atom. The molecule has 2 rings (SSSR count). The fraction of sp³-hybridized carbons (Fsp3) is 0.316. The van der Waals surface area contributed by atoms with Gasteiger partial charge in [-0.2, -0.15) is 0 Å². The molecule has 6 nitrogen and oxygen atoms in total. The van der Waals surface area contributed by atoms with Gasteiger partial charge in [0.2, 0.25) is 5.91 Å². The minimum Gasteiger partial charge on any atom is -0.333 e. The largest absolute Gasteiger partial charge is 0.333 e. The van der Waals surface area contributed by atoms with Gasteiger partial charge in [-0.1, -0.05) is 36.4 Å². The number of nitrogens with zero attached hydrogens (tertiary/aromatic N) is 1. The molecule has 25 heavy (non-hydrogen) atoms. The topological polar surface area (TPSA) is 83.1 Å². The summed E-state index contributed by atoms with van der Waals surface area (Å²) in [4.78, 5) is 28.2. The number of aromatic nitrogens is 1. The highest BCUT2D eigenvalue weighted by molar-refractivity contribution is 5.95. The van der Waals surface area contributed by atoms with Crippen LogP contribution < -0.4 is 16.0 Å². The average molecular weight is 340 g/mol. The lowest BCUT2D eigenvalue weighted by Gasteiger charge is -2.21. The lowest BCUT2D eigenvalue weighted by Crippen LogP contribution is -2.50. The third-order valence-electron chi connectivity index (χ3n) is 3.32. The van der Waals surface area contributed by atoms with Crippen molar-refractivity contribution in [1.82, 2.24) is 20.9 Å². The summed E-state index contributed by atoms with van der Waals surface area (Å²) in [5.41, 5.74) is 1.40. The molecule has 0 aliphatic carbocycles. The summed E-state index contributed by atoms with van der Waals surface area (Å²) in [6.45, 7) is 5.54. The summed E-state index contributed by atoms with van der Waals surface area (Å²) in [5, 5.41) is 8.18. The van der Waals surface area contributed by atoms with Crippen LogP contribution in [-0.4, -0.2) is 29.0 Å². The number of hydrogen-bond acceptors (Lipinski definition) is 4. The number of pyridine rings is 1. The highest BCUT2D eigenvalue weighted by atomic mass is 16.2. The SMILES string of the molecule is CC(C)(C)NC(=O)NC(=O)CNC(c1ccccc1)c1ccccn1. The fourth-order valence-electron chi connectivity index (χ4n) is 2.32. The van der Waals surface area contributed by atoms with E-state index in [0.29, 0.717) is 0 Å². The standard InChI is InChI=1S/C19H24N4O2/c1-19(2,3)23-18(25)22-16(24)13-21-17(14-9-5-4-6-10-14)15-11-7-8-12-20-15/h4-12,17,21H,13H2,1-3H3,(H2,22,23,24,25). The zero-order valence-electron chi connectivity index (χ0n) is 14.7. The summed E-state index contributed by atoms with van der Waals surface area (Å²) >= 11 is 0. The summed E-state index contributed by atoms with van der Waals surface area (Å²) in [7, 11) is 0. The number of benzene rings is 1. The highest BCUT2D eigenvalue weighted by Crippen LogP contribution is 2.19. The lowest BCUT2D eigenvalue weighted by molar-refractivity contribution is -0.119. The van der Waals surface area contributed by atoms with Crippen molar-refractivity contribution < 1.29 is 9.59 Å². The Hall–Kier alpha value is -2.73. The van der Waals surface area contributed by atoms with Crippen LogP contribution in [0.4, 0.5) is 4.79 Å². The zero-order chi connectivity index (χ0) is 18.3. The fourth-order valence-corrected chi connectivity index (χ4v) is 2.32. The minimum absolute atomic E-state index is 0.00625. The first-order chi connectivity index (χ1) is 11.8. The summed E-state index contributed by atoms with van der Waals surface area (Å²) < 4.78 is 0. The van der Waals surface area contributed by atoms with Crippen LogP contribution >= 0.6 is 0 Å². The van der Waals surface area contributed by atoms with Gasteiger partial charge >= 0.3 is 6.03 Å². The van der Waals surface area contributed by atoms with E-state index in [1.54, 1.807) is 6.20 Å². The van der Waals surface area contributed by atoms with Gasteiger partial charge in [-0.25, -0.2) is 4.79 Å². The van der Waals surface area contributed by atoms with Crippen molar-refractivity contribution in [1.29, 1.82) is 0 Å². The van der Waals surface area contributed by atoms with E-state index in [9.17, 15) is 9.59 Å². The van der Waals surface area contributed by atoms with Crippen molar-refractivity contribution in [3.05, 3.63) is 66.0 Å². The van der Waals surface area contributed by atoms with Crippen LogP contribution in [0, 0.1) is 0 Å². The first-order valence-corrected chi connectivity index (χ1v) is 8.16. The van der Waals surface area contributed by atoms with Crippen molar-refractivity contribution in [2.24, 2.45) is 0 Å². The predicted octanol–water partition coefficient (Wildman–Crippen LogP) is 2.38. The van der Waals surface area contributed by atoms with Gasteiger partial charge in [-0.3, -0.25) is 20.4 Å². The van der Waals surface area contributed by atoms with Gasteiger partial charge < -0.3 is 5.32 Å². The maximum atomic E-state index is 12.1. The van der Waals surface area contributed by atoms with E-state index < -0.39 is 17.5 Å². The van der Waals surface area contributed by atoms with Crippen LogP contribution in [0.15, 0.2) is 54.7 Å². The average Bonchev–Trinajstić information content (AvgIpc) is 2.55. The first-order valence-electron chi connectivity index (χ1n) is 8.16. The number of nitrogens with one attached hydrogen (secondary N) is 3. The molecule has 0 aliphatic rings. The smallest absolute Gasteiger partial charge is 0.321 e. The van der Waals surface area contributed by atoms with Crippen LogP contribution in [0.1, 0.15) is 38.1 Å². The number of hydrogen-bond donors (Lipinski definition) is 3. The molecule has 1 heterocycles. The Kier molecular flexibility index (Phi) is 6.25. The second-order valence-corrected chi connectivity index (χ2v) is 6.73. The van der Waals surface area contributed by atoms with Crippen LogP contribution in [-0.2, 0) is 4.79 Å². The third kappa shape index (κ3) is 6.35. The van der Waals surface area contributed by atoms with Crippen molar-refractivity contribution in [2.75, 3.05) is 6.54 Å². The Balaban J connectivity index is 2.01. The molecule has 3 N–H and O–H groups in total. The van der Waals surface area contributed by atoms with Crippen molar-refractivity contribution >= 4 is 11.9 Å². The second-order valence-electron chi connectivity index (χ2n) is 6.73. The highest BCUT2D eigenvalue weighted by Gasteiger charge is 2.18. The molecule has 6 heteroatoms. The molecule has 0 bridgehead atoms. The summed E-state index contributed by atoms with van der Waals surface area (Å²) in [6, 6.07) is 14.6. The Morgan fingerprint density at radius 1 is 1.04 bits per heavy atom. The van der Waals surface area contributed by atoms with E-state index in [1.165, 1.54) is 0 Å². The monoisotopic (exact) mass is 340 g/mol. The molecular weight excluding hydrogens is 316 g/mol. The quantitative estimate of drug-likeness (QED) is 0.780. The van der Waals surface area contributed by atoms with Crippen LogP contribution in [0.25, 0.3) is 0 Å². The van der Waals surface area contributed by atoms with Crippen LogP contribution in [0.3, 0.4) is 0 Å². The summed E-state index contributed by atoms with van der Waals surface area (Å²) in [6.07, 6.45) is 1.71. The maximum absolute atomic E-state index is 12.1. The van der Waals surface area contributed by atoms with Gasteiger partial charge in [0.1, 0.15) is 0 Å². The van der Waals surface area contributed by atoms with Gasteiger partial charge in [0.05, 0.1) is 18.3 Å². The van der Waals surface area contributed by atoms with Crippen molar-refractivity contribution in [2.45, 2.75) is 32.4 Å². The van der Waals surface area contributed by atoms with Gasteiger partial charge in [0, 0.05) is 11.7 Å². The van der Waals surface area contributed by atoms with Gasteiger partial charge in [0.15, 0.2) is 0 Å². The van der Waals surface area contributed by atoms with E-state index in [2.05, 4.69) is 20.9 Å². The molecule has 1 aromatic carbocycles. The number of urea groups is 1. The molecule has 3 amide bonds. The molecule has 0 saturated heterocycles. The molecule has 0 aliphatic heterocycles. The molecular formula is C19H24N4O2. The normalized spacial score (nSPS) is 12.3. The van der Waals surface area contributed by atoms with E-state index in [1.807, 2.05) is 69.3 Å². The summed E-state index contributed by atoms with van der Waals surface area (Å²) in [5.74, 6) is -0.404. The molecule has 1 unspecified atom stereocenters. The number of amides is 3. The van der Waals surface area contributed by atoms with Crippen molar-refractivity contribution in [3.8, 4) is 0 Å². The molecule has 2 aromatic rings. The molecule has 1 aromatic heterocycles. The molecule has 0 saturated carbocycles. The Morgan fingerprint density at radius 2 is 1.72 bits per heavy atom. The van der Waals surface area contributed by atoms with Gasteiger partial charge in [0.25, 0.3) is 0 Å². The predicted molar refractivity (Wildman–Crippen MR) is 97.0 cm³/mol. The third-order valence-corrected chi connectivity index (χ3v) is 3.32. The van der Waals surface area contributed by atoms with Gasteiger partial charge in [-0.05, 0) is 38.5 Å². The number of carbonyl (C=O) groups is 2. The van der Waals surface area contributed by atoms with Gasteiger partial charge in [-0.15, -0.1) is 0 Å². The number of imide groups is 1. The number of carbonyl (C=O) groups excluding carboxylic acids is 2. The van der Waals surface area contributed by atoms with Crippen LogP contribution in [0.2, 0.25) is 0 Å². The van der Waals surface area contributed by atoms with Crippen LogP contribution in [0.5, 0.6) is 0 Å². The number of rotatable bonds is 5. The maximum Gasteiger partial charge on any atom is 0.321 e. The lowest BCUT2D eigenvalue weighted by atomic mass is 10.0. The van der Waals surface area contributed by atoms with E-state index in [0.717, 1.165) is 11.3 Å². The Bertz CT molecular complexity index is 657. The molecule has 0 radical (unpaired) electrons. The minimum atomic E-state index is -0.506. The molecule has 1 atom stereocenters.